The van der Waals surface area contributed by atoms with Crippen molar-refractivity contribution >= 4 is 11.4 Å². The molecule has 0 bridgehead atoms. The van der Waals surface area contributed by atoms with Gasteiger partial charge in [0.25, 0.3) is 0 Å². The maximum atomic E-state index is 11.4. The number of methoxy groups -OCH3 is 2. The summed E-state index contributed by atoms with van der Waals surface area (Å²) in [5.74, 6) is 0.482. The Morgan fingerprint density at radius 2 is 1.46 bits per heavy atom. The average molecular weight is 352 g/mol. The molecule has 5 heteroatoms. The lowest BCUT2D eigenvalue weighted by Crippen LogP contribution is -1.92. The molecule has 0 aliphatic heterocycles. The van der Waals surface area contributed by atoms with Gasteiger partial charge in [-0.05, 0) is 53.1 Å². The third-order valence-corrected chi connectivity index (χ3v) is 3.71. The summed E-state index contributed by atoms with van der Waals surface area (Å²) in [6.45, 7) is 3.43. The standard InChI is InChI=1S/C21H20O5/c1-4-16(22)6-5-7-17(14-8-10-18(23)20(12-14)25-2)15-9-11-19(24)21(13-15)26-3/h4-13,23-24H,1H2,2-3H3. The quantitative estimate of drug-likeness (QED) is 0.585. The molecule has 0 radical (unpaired) electrons. The fraction of sp³-hybridized carbons (Fsp3) is 0.0952. The maximum absolute atomic E-state index is 11.4. The van der Waals surface area contributed by atoms with Crippen molar-refractivity contribution in [1.29, 1.82) is 0 Å². The first-order chi connectivity index (χ1) is 12.5. The molecule has 0 aromatic heterocycles. The fourth-order valence-corrected chi connectivity index (χ4v) is 2.36. The molecule has 0 saturated heterocycles. The molecule has 0 spiro atoms. The highest BCUT2D eigenvalue weighted by molar-refractivity contribution is 5.99. The Morgan fingerprint density at radius 1 is 0.962 bits per heavy atom. The van der Waals surface area contributed by atoms with Gasteiger partial charge >= 0.3 is 0 Å². The number of phenolic OH excluding ortho intramolecular Hbond substituents is 2. The predicted octanol–water partition coefficient (Wildman–Crippen LogP) is 3.86. The summed E-state index contributed by atoms with van der Waals surface area (Å²) >= 11 is 0. The Hall–Kier alpha value is -3.47. The number of hydrogen-bond acceptors (Lipinski definition) is 5. The Labute approximate surface area is 152 Å². The smallest absolute Gasteiger partial charge is 0.178 e. The van der Waals surface area contributed by atoms with E-state index in [0.717, 1.165) is 16.7 Å². The monoisotopic (exact) mass is 352 g/mol. The molecule has 0 atom stereocenters. The fourth-order valence-electron chi connectivity index (χ4n) is 2.36. The van der Waals surface area contributed by atoms with Crippen LogP contribution in [0, 0.1) is 0 Å². The van der Waals surface area contributed by atoms with E-state index in [9.17, 15) is 15.0 Å². The molecule has 0 aliphatic carbocycles. The third kappa shape index (κ3) is 4.33. The zero-order valence-corrected chi connectivity index (χ0v) is 14.6. The van der Waals surface area contributed by atoms with E-state index in [4.69, 9.17) is 9.47 Å². The highest BCUT2D eigenvalue weighted by atomic mass is 16.5. The number of phenols is 2. The van der Waals surface area contributed by atoms with Crippen molar-refractivity contribution in [3.8, 4) is 23.0 Å². The van der Waals surface area contributed by atoms with E-state index in [0.29, 0.717) is 11.5 Å². The number of ether oxygens (including phenoxy) is 2. The van der Waals surface area contributed by atoms with E-state index < -0.39 is 0 Å². The van der Waals surface area contributed by atoms with Gasteiger partial charge in [-0.3, -0.25) is 4.79 Å². The van der Waals surface area contributed by atoms with Crippen molar-refractivity contribution in [1.82, 2.24) is 0 Å². The van der Waals surface area contributed by atoms with Crippen molar-refractivity contribution in [3.05, 3.63) is 78.4 Å². The maximum Gasteiger partial charge on any atom is 0.178 e. The largest absolute Gasteiger partial charge is 0.504 e. The van der Waals surface area contributed by atoms with Gasteiger partial charge in [-0.15, -0.1) is 0 Å². The lowest BCUT2D eigenvalue weighted by atomic mass is 9.96. The second-order valence-corrected chi connectivity index (χ2v) is 5.32. The Kier molecular flexibility index (Phi) is 6.22. The molecule has 134 valence electrons. The van der Waals surface area contributed by atoms with Crippen molar-refractivity contribution in [2.24, 2.45) is 0 Å². The first kappa shape index (κ1) is 18.9. The molecular formula is C21H20O5. The molecular weight excluding hydrogens is 332 g/mol. The van der Waals surface area contributed by atoms with Gasteiger partial charge in [0, 0.05) is 0 Å². The van der Waals surface area contributed by atoms with E-state index >= 15 is 0 Å². The summed E-state index contributed by atoms with van der Waals surface area (Å²) in [7, 11) is 2.93. The van der Waals surface area contributed by atoms with Crippen LogP contribution in [0.25, 0.3) is 5.57 Å². The van der Waals surface area contributed by atoms with Crippen molar-refractivity contribution in [3.63, 3.8) is 0 Å². The van der Waals surface area contributed by atoms with Crippen LogP contribution in [0.3, 0.4) is 0 Å². The van der Waals surface area contributed by atoms with Crippen LogP contribution in [-0.4, -0.2) is 30.2 Å². The van der Waals surface area contributed by atoms with E-state index in [1.54, 1.807) is 36.4 Å². The first-order valence-electron chi connectivity index (χ1n) is 7.79. The minimum Gasteiger partial charge on any atom is -0.504 e. The highest BCUT2D eigenvalue weighted by Crippen LogP contribution is 2.35. The van der Waals surface area contributed by atoms with Gasteiger partial charge in [0.05, 0.1) is 14.2 Å². The lowest BCUT2D eigenvalue weighted by Gasteiger charge is -2.12. The van der Waals surface area contributed by atoms with E-state index in [1.165, 1.54) is 38.5 Å². The summed E-state index contributed by atoms with van der Waals surface area (Å²) in [5.41, 5.74) is 2.25. The van der Waals surface area contributed by atoms with Crippen molar-refractivity contribution in [2.75, 3.05) is 14.2 Å². The van der Waals surface area contributed by atoms with Crippen LogP contribution >= 0.6 is 0 Å². The van der Waals surface area contributed by atoms with Gasteiger partial charge < -0.3 is 19.7 Å². The molecule has 0 unspecified atom stereocenters. The Morgan fingerprint density at radius 3 is 1.88 bits per heavy atom. The molecule has 5 nitrogen and oxygen atoms in total. The number of aromatic hydroxyl groups is 2. The van der Waals surface area contributed by atoms with E-state index in [-0.39, 0.29) is 17.3 Å². The third-order valence-electron chi connectivity index (χ3n) is 3.71. The summed E-state index contributed by atoms with van der Waals surface area (Å²) in [5, 5.41) is 19.6. The van der Waals surface area contributed by atoms with Crippen LogP contribution in [-0.2, 0) is 4.79 Å². The van der Waals surface area contributed by atoms with E-state index in [1.807, 2.05) is 0 Å². The zero-order valence-electron chi connectivity index (χ0n) is 14.6. The summed E-state index contributed by atoms with van der Waals surface area (Å²) in [6.07, 6.45) is 5.97. The van der Waals surface area contributed by atoms with Gasteiger partial charge in [0.15, 0.2) is 28.8 Å². The van der Waals surface area contributed by atoms with Gasteiger partial charge in [0.2, 0.25) is 0 Å². The van der Waals surface area contributed by atoms with Crippen LogP contribution in [0.4, 0.5) is 0 Å². The molecule has 2 N–H and O–H groups in total. The summed E-state index contributed by atoms with van der Waals surface area (Å²) in [4.78, 5) is 11.4. The minimum atomic E-state index is -0.216. The number of rotatable bonds is 7. The molecule has 0 aliphatic rings. The predicted molar refractivity (Wildman–Crippen MR) is 101 cm³/mol. The molecule has 2 rings (SSSR count). The summed E-state index contributed by atoms with van der Waals surface area (Å²) in [6, 6.07) is 9.88. The van der Waals surface area contributed by atoms with Crippen LogP contribution in [0.2, 0.25) is 0 Å². The SMILES string of the molecule is C=CC(=O)C=CC=C(c1ccc(O)c(OC)c1)c1ccc(O)c(OC)c1. The van der Waals surface area contributed by atoms with Crippen LogP contribution in [0.1, 0.15) is 11.1 Å². The van der Waals surface area contributed by atoms with Gasteiger partial charge in [-0.1, -0.05) is 30.9 Å². The second-order valence-electron chi connectivity index (χ2n) is 5.32. The Bertz CT molecular complexity index is 822. The van der Waals surface area contributed by atoms with E-state index in [2.05, 4.69) is 6.58 Å². The number of carbonyl (C=O) groups excluding carboxylic acids is 1. The first-order valence-corrected chi connectivity index (χ1v) is 7.79. The number of ketones is 1. The normalized spacial score (nSPS) is 10.4. The van der Waals surface area contributed by atoms with Crippen LogP contribution in [0.15, 0.2) is 67.3 Å². The minimum absolute atomic E-state index is 0.0243. The van der Waals surface area contributed by atoms with Gasteiger partial charge in [-0.25, -0.2) is 0 Å². The molecule has 0 fully saturated rings. The Balaban J connectivity index is 2.59. The lowest BCUT2D eigenvalue weighted by molar-refractivity contribution is -0.110. The second kappa shape index (κ2) is 8.58. The van der Waals surface area contributed by atoms with Crippen molar-refractivity contribution < 1.29 is 24.5 Å². The topological polar surface area (TPSA) is 76.0 Å². The molecule has 0 saturated carbocycles. The number of carbonyl (C=O) groups is 1. The number of hydrogen-bond donors (Lipinski definition) is 2. The molecule has 2 aromatic carbocycles. The van der Waals surface area contributed by atoms with Crippen LogP contribution in [0.5, 0.6) is 23.0 Å². The zero-order chi connectivity index (χ0) is 19.1. The number of allylic oxidation sites excluding steroid dienone is 4. The molecule has 2 aromatic rings. The highest BCUT2D eigenvalue weighted by Gasteiger charge is 2.11. The molecule has 0 heterocycles. The van der Waals surface area contributed by atoms with Gasteiger partial charge in [-0.2, -0.15) is 0 Å². The average Bonchev–Trinajstić information content (AvgIpc) is 2.66. The summed E-state index contributed by atoms with van der Waals surface area (Å²) < 4.78 is 10.3. The van der Waals surface area contributed by atoms with Crippen molar-refractivity contribution in [2.45, 2.75) is 0 Å². The molecule has 26 heavy (non-hydrogen) atoms. The van der Waals surface area contributed by atoms with Gasteiger partial charge in [0.1, 0.15) is 0 Å². The van der Waals surface area contributed by atoms with Crippen LogP contribution < -0.4 is 9.47 Å². The molecule has 0 amide bonds. The number of benzene rings is 2.